The molecule has 0 bridgehead atoms. The topological polar surface area (TPSA) is 98.1 Å². The molecule has 23 heavy (non-hydrogen) atoms. The first-order valence-electron chi connectivity index (χ1n) is 6.86. The third-order valence-electron chi connectivity index (χ3n) is 3.25. The molecule has 0 aliphatic rings. The molecule has 114 valence electrons. The van der Waals surface area contributed by atoms with Crippen LogP contribution in [0.3, 0.4) is 0 Å². The van der Waals surface area contributed by atoms with E-state index in [0.717, 1.165) is 5.56 Å². The number of rotatable bonds is 4. The quantitative estimate of drug-likeness (QED) is 0.571. The Hall–Kier alpha value is -3.41. The molecule has 1 heterocycles. The zero-order chi connectivity index (χ0) is 16.2. The van der Waals surface area contributed by atoms with Gasteiger partial charge in [-0.25, -0.2) is 4.79 Å². The number of ether oxygens (including phenoxy) is 1. The fourth-order valence-electron chi connectivity index (χ4n) is 2.14. The van der Waals surface area contributed by atoms with Gasteiger partial charge in [0.25, 0.3) is 0 Å². The van der Waals surface area contributed by atoms with Crippen LogP contribution < -0.4 is 10.5 Å². The number of primary amides is 1. The normalized spacial score (nSPS) is 10.3. The largest absolute Gasteiger partial charge is 0.423 e. The zero-order valence-electron chi connectivity index (χ0n) is 12.0. The summed E-state index contributed by atoms with van der Waals surface area (Å²) in [5.74, 6) is -0.915. The van der Waals surface area contributed by atoms with Crippen LogP contribution in [0.1, 0.15) is 20.7 Å². The highest BCUT2D eigenvalue weighted by Gasteiger charge is 2.17. The second kappa shape index (κ2) is 6.15. The molecule has 3 rings (SSSR count). The summed E-state index contributed by atoms with van der Waals surface area (Å²) in [7, 11) is 0. The number of esters is 1. The monoisotopic (exact) mass is 307 g/mol. The number of H-pyrrole nitrogens is 1. The number of carbonyl (C=O) groups is 2. The fourth-order valence-corrected chi connectivity index (χ4v) is 2.14. The highest BCUT2D eigenvalue weighted by molar-refractivity contribution is 5.97. The molecule has 0 saturated carbocycles. The van der Waals surface area contributed by atoms with E-state index in [1.807, 2.05) is 30.3 Å². The lowest BCUT2D eigenvalue weighted by Crippen LogP contribution is -2.12. The minimum Gasteiger partial charge on any atom is -0.423 e. The first-order chi connectivity index (χ1) is 11.1. The van der Waals surface area contributed by atoms with Crippen LogP contribution in [0, 0.1) is 0 Å². The van der Waals surface area contributed by atoms with Crippen molar-refractivity contribution in [3.05, 3.63) is 71.9 Å². The molecule has 2 aromatic carbocycles. The maximum absolute atomic E-state index is 12.4. The van der Waals surface area contributed by atoms with Gasteiger partial charge in [0, 0.05) is 11.1 Å². The lowest BCUT2D eigenvalue weighted by Gasteiger charge is -2.06. The Balaban J connectivity index is 1.87. The zero-order valence-corrected chi connectivity index (χ0v) is 12.0. The predicted molar refractivity (Wildman–Crippen MR) is 83.9 cm³/mol. The number of hydrogen-bond donors (Lipinski definition) is 2. The maximum atomic E-state index is 12.4. The van der Waals surface area contributed by atoms with Crippen molar-refractivity contribution >= 4 is 11.9 Å². The van der Waals surface area contributed by atoms with Crippen molar-refractivity contribution in [1.82, 2.24) is 10.2 Å². The van der Waals surface area contributed by atoms with Crippen molar-refractivity contribution in [3.8, 4) is 17.0 Å². The van der Waals surface area contributed by atoms with Gasteiger partial charge < -0.3 is 10.5 Å². The molecule has 0 saturated heterocycles. The lowest BCUT2D eigenvalue weighted by atomic mass is 10.1. The summed E-state index contributed by atoms with van der Waals surface area (Å²) >= 11 is 0. The van der Waals surface area contributed by atoms with Gasteiger partial charge in [0.2, 0.25) is 5.91 Å². The summed E-state index contributed by atoms with van der Waals surface area (Å²) < 4.78 is 5.31. The minimum atomic E-state index is -0.587. The first-order valence-corrected chi connectivity index (χ1v) is 6.86. The number of hydrogen-bond acceptors (Lipinski definition) is 4. The first kappa shape index (κ1) is 14.5. The second-order valence-electron chi connectivity index (χ2n) is 4.81. The Morgan fingerprint density at radius 1 is 1.04 bits per heavy atom. The average Bonchev–Trinajstić information content (AvgIpc) is 3.05. The molecule has 0 unspecified atom stereocenters. The lowest BCUT2D eigenvalue weighted by molar-refractivity contribution is 0.0734. The molecule has 0 fully saturated rings. The van der Waals surface area contributed by atoms with E-state index in [0.29, 0.717) is 11.3 Å². The van der Waals surface area contributed by atoms with E-state index in [4.69, 9.17) is 10.5 Å². The smallest absolute Gasteiger partial charge is 0.347 e. The summed E-state index contributed by atoms with van der Waals surface area (Å²) in [5, 5.41) is 6.70. The second-order valence-corrected chi connectivity index (χ2v) is 4.81. The number of amides is 1. The minimum absolute atomic E-state index is 0.242. The molecule has 1 aromatic heterocycles. The molecule has 0 radical (unpaired) electrons. The average molecular weight is 307 g/mol. The van der Waals surface area contributed by atoms with E-state index in [1.165, 1.54) is 12.3 Å². The van der Waals surface area contributed by atoms with E-state index in [2.05, 4.69) is 10.2 Å². The molecular weight excluding hydrogens is 294 g/mol. The molecule has 3 aromatic rings. The molecule has 0 atom stereocenters. The summed E-state index contributed by atoms with van der Waals surface area (Å²) in [4.78, 5) is 23.5. The predicted octanol–water partition coefficient (Wildman–Crippen LogP) is 2.39. The molecule has 0 aliphatic carbocycles. The Labute approximate surface area is 131 Å². The number of nitrogens with one attached hydrogen (secondary N) is 1. The van der Waals surface area contributed by atoms with Crippen molar-refractivity contribution < 1.29 is 14.3 Å². The Bertz CT molecular complexity index is 856. The van der Waals surface area contributed by atoms with Crippen molar-refractivity contribution in [3.63, 3.8) is 0 Å². The molecule has 0 spiro atoms. The van der Waals surface area contributed by atoms with Gasteiger partial charge in [-0.05, 0) is 18.2 Å². The van der Waals surface area contributed by atoms with Gasteiger partial charge in [0.15, 0.2) is 0 Å². The summed E-state index contributed by atoms with van der Waals surface area (Å²) in [5.41, 5.74) is 7.18. The van der Waals surface area contributed by atoms with Crippen molar-refractivity contribution in [2.45, 2.75) is 0 Å². The van der Waals surface area contributed by atoms with Crippen LogP contribution in [0.5, 0.6) is 5.75 Å². The number of carbonyl (C=O) groups excluding carboxylic acids is 2. The van der Waals surface area contributed by atoms with Gasteiger partial charge in [-0.2, -0.15) is 5.10 Å². The van der Waals surface area contributed by atoms with Crippen LogP contribution in [0.15, 0.2) is 60.8 Å². The van der Waals surface area contributed by atoms with Crippen molar-refractivity contribution in [1.29, 1.82) is 0 Å². The number of aromatic nitrogens is 2. The van der Waals surface area contributed by atoms with E-state index in [9.17, 15) is 9.59 Å². The van der Waals surface area contributed by atoms with Gasteiger partial charge in [0.05, 0.1) is 11.9 Å². The van der Waals surface area contributed by atoms with Crippen LogP contribution in [-0.2, 0) is 0 Å². The van der Waals surface area contributed by atoms with Crippen molar-refractivity contribution in [2.24, 2.45) is 5.73 Å². The fraction of sp³-hybridized carbons (Fsp3) is 0. The Morgan fingerprint density at radius 2 is 1.83 bits per heavy atom. The van der Waals surface area contributed by atoms with Crippen LogP contribution in [0.25, 0.3) is 11.3 Å². The van der Waals surface area contributed by atoms with Crippen LogP contribution in [0.2, 0.25) is 0 Å². The Morgan fingerprint density at radius 3 is 2.57 bits per heavy atom. The number of nitrogens with zero attached hydrogens (tertiary/aromatic N) is 1. The summed E-state index contributed by atoms with van der Waals surface area (Å²) in [6.07, 6.45) is 1.41. The Kier molecular flexibility index (Phi) is 3.88. The van der Waals surface area contributed by atoms with Gasteiger partial charge in [-0.1, -0.05) is 36.4 Å². The highest BCUT2D eigenvalue weighted by atomic mass is 16.5. The van der Waals surface area contributed by atoms with Crippen LogP contribution in [-0.4, -0.2) is 22.1 Å². The van der Waals surface area contributed by atoms with Crippen molar-refractivity contribution in [2.75, 3.05) is 0 Å². The van der Waals surface area contributed by atoms with E-state index in [1.54, 1.807) is 18.2 Å². The van der Waals surface area contributed by atoms with Gasteiger partial charge in [0.1, 0.15) is 11.3 Å². The van der Waals surface area contributed by atoms with E-state index < -0.39 is 11.9 Å². The number of aromatic amines is 1. The van der Waals surface area contributed by atoms with E-state index >= 15 is 0 Å². The maximum Gasteiger partial charge on any atom is 0.347 e. The van der Waals surface area contributed by atoms with Gasteiger partial charge in [-0.15, -0.1) is 0 Å². The molecular formula is C17H13N3O3. The third kappa shape index (κ3) is 3.11. The molecule has 1 amide bonds. The molecule has 6 heteroatoms. The van der Waals surface area contributed by atoms with Gasteiger partial charge in [-0.3, -0.25) is 9.89 Å². The van der Waals surface area contributed by atoms with Crippen LogP contribution >= 0.6 is 0 Å². The third-order valence-corrected chi connectivity index (χ3v) is 3.25. The highest BCUT2D eigenvalue weighted by Crippen LogP contribution is 2.22. The van der Waals surface area contributed by atoms with E-state index in [-0.39, 0.29) is 11.3 Å². The summed E-state index contributed by atoms with van der Waals surface area (Å²) in [6.45, 7) is 0. The SMILES string of the molecule is NC(=O)c1cccc(OC(=O)c2cn[nH]c2-c2ccccc2)c1. The number of nitrogens with two attached hydrogens (primary N) is 1. The van der Waals surface area contributed by atoms with Gasteiger partial charge >= 0.3 is 5.97 Å². The molecule has 0 aliphatic heterocycles. The summed E-state index contributed by atoms with van der Waals surface area (Å²) in [6, 6.07) is 15.5. The molecule has 3 N–H and O–H groups in total. The van der Waals surface area contributed by atoms with Crippen LogP contribution in [0.4, 0.5) is 0 Å². The number of benzene rings is 2. The standard InChI is InChI=1S/C17H13N3O3/c18-16(21)12-7-4-8-13(9-12)23-17(22)14-10-19-20-15(14)11-5-2-1-3-6-11/h1-10H,(H2,18,21)(H,19,20). The molecule has 6 nitrogen and oxygen atoms in total.